The van der Waals surface area contributed by atoms with Gasteiger partial charge in [-0.05, 0) is 29.8 Å². The van der Waals surface area contributed by atoms with Crippen LogP contribution in [-0.4, -0.2) is 24.5 Å². The highest BCUT2D eigenvalue weighted by Gasteiger charge is 2.12. The van der Waals surface area contributed by atoms with Gasteiger partial charge in [-0.2, -0.15) is 0 Å². The average Bonchev–Trinajstić information content (AvgIpc) is 2.39. The molecule has 0 saturated carbocycles. The zero-order valence-corrected chi connectivity index (χ0v) is 11.2. The molecule has 1 heterocycles. The van der Waals surface area contributed by atoms with E-state index in [9.17, 15) is 13.2 Å². The van der Waals surface area contributed by atoms with Gasteiger partial charge in [-0.3, -0.25) is 9.71 Å². The minimum absolute atomic E-state index is 0.119. The van der Waals surface area contributed by atoms with E-state index in [4.69, 9.17) is 5.11 Å². The second-order valence-corrected chi connectivity index (χ2v) is 5.82. The number of benzene rings is 1. The molecule has 20 heavy (non-hydrogen) atoms. The van der Waals surface area contributed by atoms with Gasteiger partial charge in [0.05, 0.1) is 17.0 Å². The molecule has 0 bridgehead atoms. The Hall–Kier alpha value is -2.41. The average molecular weight is 292 g/mol. The largest absolute Gasteiger partial charge is 0.478 e. The van der Waals surface area contributed by atoms with Gasteiger partial charge in [0.25, 0.3) is 0 Å². The molecule has 0 aliphatic heterocycles. The molecule has 0 spiro atoms. The summed E-state index contributed by atoms with van der Waals surface area (Å²) in [5.41, 5.74) is 1.06. The van der Waals surface area contributed by atoms with Crippen molar-refractivity contribution in [1.29, 1.82) is 0 Å². The molecule has 1 aromatic carbocycles. The lowest BCUT2D eigenvalue weighted by Gasteiger charge is -2.07. The Bertz CT molecular complexity index is 697. The molecular formula is C13H12N2O4S. The molecule has 0 saturated heterocycles. The number of sulfonamides is 1. The van der Waals surface area contributed by atoms with Crippen molar-refractivity contribution in [2.24, 2.45) is 0 Å². The number of carboxylic acid groups (broad SMARTS) is 1. The maximum absolute atomic E-state index is 11.9. The topological polar surface area (TPSA) is 96.4 Å². The number of anilines is 1. The second-order valence-electron chi connectivity index (χ2n) is 4.10. The van der Waals surface area contributed by atoms with Crippen molar-refractivity contribution >= 4 is 21.7 Å². The van der Waals surface area contributed by atoms with Gasteiger partial charge in [-0.1, -0.05) is 12.1 Å². The SMILES string of the molecule is O=C(O)c1ccc(CS(=O)(=O)Nc2ccncc2)cc1. The highest BCUT2D eigenvalue weighted by atomic mass is 32.2. The van der Waals surface area contributed by atoms with Gasteiger partial charge < -0.3 is 5.11 Å². The lowest BCUT2D eigenvalue weighted by Crippen LogP contribution is -2.15. The van der Waals surface area contributed by atoms with E-state index in [0.717, 1.165) is 0 Å². The molecule has 0 unspecified atom stereocenters. The fourth-order valence-corrected chi connectivity index (χ4v) is 2.80. The van der Waals surface area contributed by atoms with Crippen LogP contribution in [0.15, 0.2) is 48.8 Å². The number of aromatic nitrogens is 1. The summed E-state index contributed by atoms with van der Waals surface area (Å²) in [6.07, 6.45) is 2.97. The first-order valence-corrected chi connectivity index (χ1v) is 7.34. The van der Waals surface area contributed by atoms with Crippen molar-refractivity contribution in [3.63, 3.8) is 0 Å². The zero-order valence-electron chi connectivity index (χ0n) is 10.4. The summed E-state index contributed by atoms with van der Waals surface area (Å²) in [4.78, 5) is 14.5. The molecule has 2 rings (SSSR count). The number of nitrogens with zero attached hydrogens (tertiary/aromatic N) is 1. The Morgan fingerprint density at radius 2 is 1.70 bits per heavy atom. The number of nitrogens with one attached hydrogen (secondary N) is 1. The number of rotatable bonds is 5. The zero-order chi connectivity index (χ0) is 14.6. The smallest absolute Gasteiger partial charge is 0.335 e. The molecule has 0 atom stereocenters. The fraction of sp³-hybridized carbons (Fsp3) is 0.0769. The minimum Gasteiger partial charge on any atom is -0.478 e. The highest BCUT2D eigenvalue weighted by molar-refractivity contribution is 7.91. The Morgan fingerprint density at radius 1 is 1.10 bits per heavy atom. The lowest BCUT2D eigenvalue weighted by molar-refractivity contribution is 0.0697. The lowest BCUT2D eigenvalue weighted by atomic mass is 10.1. The second kappa shape index (κ2) is 5.70. The van der Waals surface area contributed by atoms with E-state index in [0.29, 0.717) is 11.3 Å². The van der Waals surface area contributed by atoms with E-state index in [1.807, 2.05) is 0 Å². The Kier molecular flexibility index (Phi) is 3.99. The molecule has 7 heteroatoms. The van der Waals surface area contributed by atoms with Crippen LogP contribution < -0.4 is 4.72 Å². The molecule has 0 fully saturated rings. The van der Waals surface area contributed by atoms with E-state index < -0.39 is 16.0 Å². The van der Waals surface area contributed by atoms with E-state index in [1.54, 1.807) is 12.1 Å². The molecule has 1 aromatic heterocycles. The third kappa shape index (κ3) is 3.79. The van der Waals surface area contributed by atoms with E-state index in [2.05, 4.69) is 9.71 Å². The number of hydrogen-bond acceptors (Lipinski definition) is 4. The quantitative estimate of drug-likeness (QED) is 0.874. The van der Waals surface area contributed by atoms with Crippen molar-refractivity contribution in [3.8, 4) is 0 Å². The van der Waals surface area contributed by atoms with E-state index in [-0.39, 0.29) is 11.3 Å². The van der Waals surface area contributed by atoms with E-state index >= 15 is 0 Å². The van der Waals surface area contributed by atoms with Crippen molar-refractivity contribution in [3.05, 3.63) is 59.9 Å². The monoisotopic (exact) mass is 292 g/mol. The molecule has 0 radical (unpaired) electrons. The molecule has 0 aliphatic carbocycles. The van der Waals surface area contributed by atoms with Gasteiger partial charge >= 0.3 is 5.97 Å². The van der Waals surface area contributed by atoms with Gasteiger partial charge in [-0.25, -0.2) is 13.2 Å². The molecule has 0 amide bonds. The Labute approximate surface area is 116 Å². The summed E-state index contributed by atoms with van der Waals surface area (Å²) in [6, 6.07) is 8.81. The maximum atomic E-state index is 11.9. The fourth-order valence-electron chi connectivity index (χ4n) is 1.60. The van der Waals surface area contributed by atoms with Crippen LogP contribution in [0.1, 0.15) is 15.9 Å². The third-order valence-corrected chi connectivity index (χ3v) is 3.77. The van der Waals surface area contributed by atoms with Gasteiger partial charge in [0.15, 0.2) is 0 Å². The summed E-state index contributed by atoms with van der Waals surface area (Å²) < 4.78 is 26.3. The van der Waals surface area contributed by atoms with Crippen LogP contribution >= 0.6 is 0 Å². The summed E-state index contributed by atoms with van der Waals surface area (Å²) in [7, 11) is -3.55. The molecule has 2 N–H and O–H groups in total. The minimum atomic E-state index is -3.55. The molecular weight excluding hydrogens is 280 g/mol. The van der Waals surface area contributed by atoms with Crippen molar-refractivity contribution in [1.82, 2.24) is 4.98 Å². The summed E-state index contributed by atoms with van der Waals surface area (Å²) in [6.45, 7) is 0. The van der Waals surface area contributed by atoms with Crippen molar-refractivity contribution < 1.29 is 18.3 Å². The van der Waals surface area contributed by atoms with Crippen LogP contribution in [0.5, 0.6) is 0 Å². The van der Waals surface area contributed by atoms with Crippen molar-refractivity contribution in [2.75, 3.05) is 4.72 Å². The highest BCUT2D eigenvalue weighted by Crippen LogP contribution is 2.12. The number of carboxylic acids is 1. The van der Waals surface area contributed by atoms with Crippen LogP contribution in [0.4, 0.5) is 5.69 Å². The predicted octanol–water partition coefficient (Wildman–Crippen LogP) is 1.72. The predicted molar refractivity (Wildman–Crippen MR) is 73.9 cm³/mol. The summed E-state index contributed by atoms with van der Waals surface area (Å²) >= 11 is 0. The van der Waals surface area contributed by atoms with Crippen LogP contribution in [0.25, 0.3) is 0 Å². The Morgan fingerprint density at radius 3 is 2.25 bits per heavy atom. The van der Waals surface area contributed by atoms with E-state index in [1.165, 1.54) is 36.7 Å². The molecule has 104 valence electrons. The molecule has 6 nitrogen and oxygen atoms in total. The number of pyridine rings is 1. The third-order valence-electron chi connectivity index (χ3n) is 2.51. The maximum Gasteiger partial charge on any atom is 0.335 e. The first-order valence-electron chi connectivity index (χ1n) is 5.69. The molecule has 0 aliphatic rings. The van der Waals surface area contributed by atoms with Gasteiger partial charge in [0.1, 0.15) is 0 Å². The number of aromatic carboxylic acids is 1. The summed E-state index contributed by atoms with van der Waals surface area (Å²) in [5.74, 6) is -1.27. The van der Waals surface area contributed by atoms with Gasteiger partial charge in [0, 0.05) is 12.4 Å². The van der Waals surface area contributed by atoms with Gasteiger partial charge in [-0.15, -0.1) is 0 Å². The first kappa shape index (κ1) is 14.0. The van der Waals surface area contributed by atoms with Crippen LogP contribution in [0.3, 0.4) is 0 Å². The van der Waals surface area contributed by atoms with Crippen LogP contribution in [-0.2, 0) is 15.8 Å². The standard InChI is InChI=1S/C13H12N2O4S/c16-13(17)11-3-1-10(2-4-11)9-20(18,19)15-12-5-7-14-8-6-12/h1-8H,9H2,(H,14,15)(H,16,17). The molecule has 2 aromatic rings. The van der Waals surface area contributed by atoms with Crippen LogP contribution in [0, 0.1) is 0 Å². The Balaban J connectivity index is 2.10. The van der Waals surface area contributed by atoms with Gasteiger partial charge in [0.2, 0.25) is 10.0 Å². The normalized spacial score (nSPS) is 11.0. The summed E-state index contributed by atoms with van der Waals surface area (Å²) in [5, 5.41) is 8.77. The van der Waals surface area contributed by atoms with Crippen LogP contribution in [0.2, 0.25) is 0 Å². The number of carbonyl (C=O) groups is 1. The number of hydrogen-bond donors (Lipinski definition) is 2. The first-order chi connectivity index (χ1) is 9.46. The van der Waals surface area contributed by atoms with Crippen molar-refractivity contribution in [2.45, 2.75) is 5.75 Å².